The highest BCUT2D eigenvalue weighted by atomic mass is 19.4. The maximum atomic E-state index is 13.4. The zero-order valence-electron chi connectivity index (χ0n) is 16.2. The fraction of sp³-hybridized carbons (Fsp3) is 0.318. The monoisotopic (exact) mass is 401 g/mol. The van der Waals surface area contributed by atoms with Gasteiger partial charge in [-0.1, -0.05) is 30.3 Å². The predicted molar refractivity (Wildman–Crippen MR) is 105 cm³/mol. The van der Waals surface area contributed by atoms with Crippen molar-refractivity contribution >= 4 is 0 Å². The van der Waals surface area contributed by atoms with Gasteiger partial charge in [-0.25, -0.2) is 0 Å². The zero-order valence-corrected chi connectivity index (χ0v) is 16.2. The Hall–Kier alpha value is -2.80. The van der Waals surface area contributed by atoms with E-state index in [-0.39, 0.29) is 6.04 Å². The smallest absolute Gasteiger partial charge is 0.401 e. The number of aromatic amines is 1. The van der Waals surface area contributed by atoms with E-state index in [1.54, 1.807) is 30.3 Å². The van der Waals surface area contributed by atoms with E-state index in [1.165, 1.54) is 0 Å². The molecule has 0 amide bonds. The quantitative estimate of drug-likeness (QED) is 0.670. The average molecular weight is 401 g/mol. The molecule has 1 aliphatic rings. The number of benzene rings is 2. The first kappa shape index (κ1) is 19.5. The van der Waals surface area contributed by atoms with Crippen molar-refractivity contribution in [2.45, 2.75) is 31.6 Å². The standard InChI is InChI=1S/C22H22F3N3O/c1-14-9-17-10-16(18-11-26-27-12-18)5-8-20(17)21(28(14)13-22(23,24)25)15-3-6-19(29-2)7-4-15/h3-8,10-12,14,21H,9,13H2,1-2H3,(H,26,27)/t14-,21-/m1/s1. The molecule has 1 aromatic heterocycles. The molecule has 3 aromatic rings. The average Bonchev–Trinajstić information content (AvgIpc) is 3.22. The molecule has 0 unspecified atom stereocenters. The Kier molecular flexibility index (Phi) is 5.08. The van der Waals surface area contributed by atoms with Crippen molar-refractivity contribution in [1.82, 2.24) is 15.1 Å². The number of nitrogens with zero attached hydrogens (tertiary/aromatic N) is 2. The molecule has 0 spiro atoms. The molecule has 4 nitrogen and oxygen atoms in total. The molecular formula is C22H22F3N3O. The van der Waals surface area contributed by atoms with Crippen LogP contribution < -0.4 is 4.74 Å². The number of ether oxygens (including phenoxy) is 1. The van der Waals surface area contributed by atoms with Crippen LogP contribution in [0.15, 0.2) is 54.9 Å². The van der Waals surface area contributed by atoms with Crippen molar-refractivity contribution in [3.8, 4) is 16.9 Å². The molecule has 0 saturated carbocycles. The maximum Gasteiger partial charge on any atom is 0.401 e. The van der Waals surface area contributed by atoms with Gasteiger partial charge in [0.1, 0.15) is 5.75 Å². The van der Waals surface area contributed by atoms with Gasteiger partial charge in [-0.2, -0.15) is 18.3 Å². The number of methoxy groups -OCH3 is 1. The lowest BCUT2D eigenvalue weighted by atomic mass is 9.83. The van der Waals surface area contributed by atoms with E-state index >= 15 is 0 Å². The Morgan fingerprint density at radius 1 is 1.14 bits per heavy atom. The first-order valence-corrected chi connectivity index (χ1v) is 9.44. The summed E-state index contributed by atoms with van der Waals surface area (Å²) in [7, 11) is 1.57. The highest BCUT2D eigenvalue weighted by Gasteiger charge is 2.40. The van der Waals surface area contributed by atoms with Crippen LogP contribution in [-0.4, -0.2) is 41.0 Å². The number of nitrogens with one attached hydrogen (secondary N) is 1. The van der Waals surface area contributed by atoms with Crippen molar-refractivity contribution in [3.05, 3.63) is 71.5 Å². The maximum absolute atomic E-state index is 13.4. The molecule has 2 aromatic carbocycles. The van der Waals surface area contributed by atoms with Crippen LogP contribution in [0.3, 0.4) is 0 Å². The Balaban J connectivity index is 1.80. The van der Waals surface area contributed by atoms with Gasteiger partial charge in [0.2, 0.25) is 0 Å². The van der Waals surface area contributed by atoms with E-state index < -0.39 is 18.8 Å². The van der Waals surface area contributed by atoms with Crippen molar-refractivity contribution in [2.24, 2.45) is 0 Å². The molecule has 0 aliphatic carbocycles. The van der Waals surface area contributed by atoms with Crippen LogP contribution in [0.1, 0.15) is 29.7 Å². The van der Waals surface area contributed by atoms with Gasteiger partial charge in [0.25, 0.3) is 0 Å². The lowest BCUT2D eigenvalue weighted by Crippen LogP contribution is -2.47. The molecule has 0 bridgehead atoms. The second-order valence-electron chi connectivity index (χ2n) is 7.42. The van der Waals surface area contributed by atoms with Crippen LogP contribution in [0.5, 0.6) is 5.75 Å². The summed E-state index contributed by atoms with van der Waals surface area (Å²) in [5.74, 6) is 0.676. The molecule has 1 N–H and O–H groups in total. The topological polar surface area (TPSA) is 41.1 Å². The number of H-pyrrole nitrogens is 1. The number of fused-ring (bicyclic) bond motifs is 1. The lowest BCUT2D eigenvalue weighted by Gasteiger charge is -2.42. The molecular weight excluding hydrogens is 379 g/mol. The molecule has 4 rings (SSSR count). The van der Waals surface area contributed by atoms with Gasteiger partial charge in [0.05, 0.1) is 25.9 Å². The Bertz CT molecular complexity index is 968. The van der Waals surface area contributed by atoms with Gasteiger partial charge < -0.3 is 4.74 Å². The highest BCUT2D eigenvalue weighted by Crippen LogP contribution is 2.41. The Labute approximate surface area is 167 Å². The summed E-state index contributed by atoms with van der Waals surface area (Å²) in [5, 5.41) is 6.79. The third-order valence-corrected chi connectivity index (χ3v) is 5.48. The molecule has 29 heavy (non-hydrogen) atoms. The Morgan fingerprint density at radius 3 is 2.52 bits per heavy atom. The van der Waals surface area contributed by atoms with E-state index in [2.05, 4.69) is 16.3 Å². The van der Waals surface area contributed by atoms with Crippen LogP contribution in [0.2, 0.25) is 0 Å². The van der Waals surface area contributed by atoms with Crippen LogP contribution >= 0.6 is 0 Å². The van der Waals surface area contributed by atoms with E-state index in [0.717, 1.165) is 27.8 Å². The van der Waals surface area contributed by atoms with Crippen molar-refractivity contribution in [3.63, 3.8) is 0 Å². The number of aromatic nitrogens is 2. The molecule has 7 heteroatoms. The fourth-order valence-corrected chi connectivity index (χ4v) is 4.12. The zero-order chi connectivity index (χ0) is 20.6. The summed E-state index contributed by atoms with van der Waals surface area (Å²) < 4.78 is 45.3. The van der Waals surface area contributed by atoms with Gasteiger partial charge in [0, 0.05) is 17.8 Å². The summed E-state index contributed by atoms with van der Waals surface area (Å²) in [6, 6.07) is 12.5. The number of hydrogen-bond acceptors (Lipinski definition) is 3. The number of hydrogen-bond donors (Lipinski definition) is 1. The SMILES string of the molecule is COc1ccc([C@@H]2c3ccc(-c4cn[nH]c4)cc3C[C@@H](C)N2CC(F)(F)F)cc1. The third-order valence-electron chi connectivity index (χ3n) is 5.48. The van der Waals surface area contributed by atoms with Crippen LogP contribution in [0.25, 0.3) is 11.1 Å². The van der Waals surface area contributed by atoms with Crippen molar-refractivity contribution in [2.75, 3.05) is 13.7 Å². The van der Waals surface area contributed by atoms with Gasteiger partial charge in [-0.05, 0) is 47.7 Å². The summed E-state index contributed by atoms with van der Waals surface area (Å²) in [5.41, 5.74) is 4.75. The van der Waals surface area contributed by atoms with Crippen LogP contribution in [-0.2, 0) is 6.42 Å². The summed E-state index contributed by atoms with van der Waals surface area (Å²) in [4.78, 5) is 1.54. The fourth-order valence-electron chi connectivity index (χ4n) is 4.12. The van der Waals surface area contributed by atoms with E-state index in [9.17, 15) is 13.2 Å². The minimum absolute atomic E-state index is 0.254. The molecule has 2 heterocycles. The van der Waals surface area contributed by atoms with E-state index in [0.29, 0.717) is 12.2 Å². The van der Waals surface area contributed by atoms with Crippen LogP contribution in [0.4, 0.5) is 13.2 Å². The molecule has 0 fully saturated rings. The van der Waals surface area contributed by atoms with Gasteiger partial charge in [0.15, 0.2) is 0 Å². The highest BCUT2D eigenvalue weighted by molar-refractivity contribution is 5.64. The number of alkyl halides is 3. The van der Waals surface area contributed by atoms with E-state index in [1.807, 2.05) is 37.4 Å². The number of rotatable bonds is 4. The second-order valence-corrected chi connectivity index (χ2v) is 7.42. The van der Waals surface area contributed by atoms with Gasteiger partial charge in [-0.15, -0.1) is 0 Å². The van der Waals surface area contributed by atoms with Crippen molar-refractivity contribution in [1.29, 1.82) is 0 Å². The normalized spacial score (nSPS) is 19.8. The molecule has 0 radical (unpaired) electrons. The predicted octanol–water partition coefficient (Wildman–Crippen LogP) is 4.98. The minimum Gasteiger partial charge on any atom is -0.497 e. The summed E-state index contributed by atoms with van der Waals surface area (Å²) in [6.07, 6.45) is -0.160. The van der Waals surface area contributed by atoms with Crippen LogP contribution in [0, 0.1) is 0 Å². The molecule has 2 atom stereocenters. The van der Waals surface area contributed by atoms with E-state index in [4.69, 9.17) is 4.74 Å². The second kappa shape index (κ2) is 7.55. The third kappa shape index (κ3) is 4.00. The summed E-state index contributed by atoms with van der Waals surface area (Å²) >= 11 is 0. The molecule has 0 saturated heterocycles. The molecule has 152 valence electrons. The minimum atomic E-state index is -4.27. The largest absolute Gasteiger partial charge is 0.497 e. The summed E-state index contributed by atoms with van der Waals surface area (Å²) in [6.45, 7) is 0.906. The lowest BCUT2D eigenvalue weighted by molar-refractivity contribution is -0.155. The number of halogens is 3. The van der Waals surface area contributed by atoms with Gasteiger partial charge >= 0.3 is 6.18 Å². The molecule has 1 aliphatic heterocycles. The van der Waals surface area contributed by atoms with Crippen molar-refractivity contribution < 1.29 is 17.9 Å². The Morgan fingerprint density at radius 2 is 1.90 bits per heavy atom. The first-order valence-electron chi connectivity index (χ1n) is 9.44. The first-order chi connectivity index (χ1) is 13.9. The van der Waals surface area contributed by atoms with Gasteiger partial charge in [-0.3, -0.25) is 10.00 Å².